The Kier molecular flexibility index (Phi) is 8.82. The minimum absolute atomic E-state index is 0.123. The molecule has 0 aliphatic heterocycles. The van der Waals surface area contributed by atoms with Crippen LogP contribution >= 0.6 is 11.8 Å². The summed E-state index contributed by atoms with van der Waals surface area (Å²) in [6.45, 7) is 3.87. The number of ketones is 1. The molecular formula is C23H30OS. The van der Waals surface area contributed by atoms with Gasteiger partial charge >= 0.3 is 0 Å². The van der Waals surface area contributed by atoms with Crippen LogP contribution in [-0.2, 0) is 6.42 Å². The molecule has 2 heteroatoms. The summed E-state index contributed by atoms with van der Waals surface area (Å²) >= 11 is 1.97. The van der Waals surface area contributed by atoms with Gasteiger partial charge in [0, 0.05) is 10.5 Å². The maximum absolute atomic E-state index is 11.3. The van der Waals surface area contributed by atoms with Gasteiger partial charge in [-0.2, -0.15) is 0 Å². The molecule has 2 aromatic rings. The van der Waals surface area contributed by atoms with Gasteiger partial charge in [0.1, 0.15) is 0 Å². The first-order chi connectivity index (χ1) is 12.2. The fourth-order valence-electron chi connectivity index (χ4n) is 2.87. The highest BCUT2D eigenvalue weighted by Gasteiger charge is 2.01. The van der Waals surface area contributed by atoms with Gasteiger partial charge in [0.05, 0.1) is 0 Å². The van der Waals surface area contributed by atoms with Crippen molar-refractivity contribution < 1.29 is 4.79 Å². The molecule has 0 amide bonds. The number of carbonyl (C=O) groups excluding carboxylic acids is 1. The van der Waals surface area contributed by atoms with E-state index in [1.165, 1.54) is 60.3 Å². The molecule has 25 heavy (non-hydrogen) atoms. The molecule has 0 radical (unpaired) electrons. The standard InChI is InChI=1S/C23H30OS/c1-3-4-5-6-7-8-17-25-23-15-11-21(12-16-23)18-20-9-13-22(14-10-20)19(2)24/h9-16H,3-8,17-18H2,1-2H3. The molecule has 134 valence electrons. The van der Waals surface area contributed by atoms with E-state index >= 15 is 0 Å². The molecule has 1 nitrogen and oxygen atoms in total. The van der Waals surface area contributed by atoms with Crippen LogP contribution < -0.4 is 0 Å². The van der Waals surface area contributed by atoms with Crippen LogP contribution in [0, 0.1) is 0 Å². The van der Waals surface area contributed by atoms with Crippen LogP contribution in [-0.4, -0.2) is 11.5 Å². The molecule has 2 rings (SSSR count). The van der Waals surface area contributed by atoms with Gasteiger partial charge < -0.3 is 0 Å². The fraction of sp³-hybridized carbons (Fsp3) is 0.435. The molecule has 0 saturated carbocycles. The fourth-order valence-corrected chi connectivity index (χ4v) is 3.78. The molecule has 0 aromatic heterocycles. The minimum atomic E-state index is 0.123. The molecule has 0 aliphatic carbocycles. The predicted octanol–water partition coefficient (Wildman–Crippen LogP) is 6.93. The number of thioether (sulfide) groups is 1. The monoisotopic (exact) mass is 354 g/mol. The number of unbranched alkanes of at least 4 members (excludes halogenated alkanes) is 5. The number of hydrogen-bond acceptors (Lipinski definition) is 2. The second-order valence-corrected chi connectivity index (χ2v) is 7.86. The van der Waals surface area contributed by atoms with Crippen molar-refractivity contribution in [3.63, 3.8) is 0 Å². The summed E-state index contributed by atoms with van der Waals surface area (Å²) in [6, 6.07) is 16.9. The van der Waals surface area contributed by atoms with E-state index in [0.29, 0.717) is 0 Å². The van der Waals surface area contributed by atoms with E-state index in [2.05, 4.69) is 43.3 Å². The van der Waals surface area contributed by atoms with Crippen LogP contribution in [0.3, 0.4) is 0 Å². The van der Waals surface area contributed by atoms with Crippen LogP contribution in [0.4, 0.5) is 0 Å². The zero-order valence-corrected chi connectivity index (χ0v) is 16.4. The molecule has 0 bridgehead atoms. The molecule has 0 heterocycles. The molecule has 0 aliphatic rings. The third-order valence-electron chi connectivity index (χ3n) is 4.46. The molecule has 0 N–H and O–H groups in total. The third kappa shape index (κ3) is 7.48. The first-order valence-electron chi connectivity index (χ1n) is 9.50. The van der Waals surface area contributed by atoms with Crippen molar-refractivity contribution in [2.45, 2.75) is 63.7 Å². The van der Waals surface area contributed by atoms with Gasteiger partial charge in [-0.25, -0.2) is 0 Å². The Labute approximate surface area is 157 Å². The summed E-state index contributed by atoms with van der Waals surface area (Å²) in [7, 11) is 0. The van der Waals surface area contributed by atoms with Crippen LogP contribution in [0.25, 0.3) is 0 Å². The average Bonchev–Trinajstić information content (AvgIpc) is 2.63. The van der Waals surface area contributed by atoms with Crippen molar-refractivity contribution in [3.8, 4) is 0 Å². The van der Waals surface area contributed by atoms with Crippen LogP contribution in [0.5, 0.6) is 0 Å². The number of rotatable bonds is 11. The Morgan fingerprint density at radius 2 is 1.36 bits per heavy atom. The van der Waals surface area contributed by atoms with E-state index in [4.69, 9.17) is 0 Å². The maximum Gasteiger partial charge on any atom is 0.159 e. The Morgan fingerprint density at radius 1 is 0.800 bits per heavy atom. The Morgan fingerprint density at radius 3 is 1.96 bits per heavy atom. The summed E-state index contributed by atoms with van der Waals surface area (Å²) in [4.78, 5) is 12.7. The average molecular weight is 355 g/mol. The molecule has 0 atom stereocenters. The topological polar surface area (TPSA) is 17.1 Å². The van der Waals surface area contributed by atoms with Crippen molar-refractivity contribution >= 4 is 17.5 Å². The van der Waals surface area contributed by atoms with Gasteiger partial charge in [-0.3, -0.25) is 4.79 Å². The molecular weight excluding hydrogens is 324 g/mol. The lowest BCUT2D eigenvalue weighted by Gasteiger charge is -2.06. The quantitative estimate of drug-likeness (QED) is 0.247. The zero-order chi connectivity index (χ0) is 17.9. The van der Waals surface area contributed by atoms with E-state index in [1.807, 2.05) is 23.9 Å². The first-order valence-corrected chi connectivity index (χ1v) is 10.5. The van der Waals surface area contributed by atoms with Gasteiger partial charge in [-0.05, 0) is 48.8 Å². The van der Waals surface area contributed by atoms with Gasteiger partial charge in [0.25, 0.3) is 0 Å². The summed E-state index contributed by atoms with van der Waals surface area (Å²) in [5, 5.41) is 0. The molecule has 0 spiro atoms. The summed E-state index contributed by atoms with van der Waals surface area (Å²) < 4.78 is 0. The van der Waals surface area contributed by atoms with Crippen molar-refractivity contribution in [1.29, 1.82) is 0 Å². The van der Waals surface area contributed by atoms with E-state index in [1.54, 1.807) is 6.92 Å². The summed E-state index contributed by atoms with van der Waals surface area (Å²) in [5.74, 6) is 1.34. The van der Waals surface area contributed by atoms with Gasteiger partial charge in [0.2, 0.25) is 0 Å². The molecule has 0 saturated heterocycles. The minimum Gasteiger partial charge on any atom is -0.295 e. The Hall–Kier alpha value is -1.54. The van der Waals surface area contributed by atoms with Crippen LogP contribution in [0.1, 0.15) is 73.9 Å². The van der Waals surface area contributed by atoms with Crippen molar-refractivity contribution in [2.24, 2.45) is 0 Å². The highest BCUT2D eigenvalue weighted by molar-refractivity contribution is 7.99. The Balaban J connectivity index is 1.73. The second-order valence-electron chi connectivity index (χ2n) is 6.69. The first kappa shape index (κ1) is 19.8. The molecule has 0 unspecified atom stereocenters. The molecule has 0 fully saturated rings. The van der Waals surface area contributed by atoms with Gasteiger partial charge in [0.15, 0.2) is 5.78 Å². The van der Waals surface area contributed by atoms with Crippen molar-refractivity contribution in [3.05, 3.63) is 65.2 Å². The van der Waals surface area contributed by atoms with E-state index in [-0.39, 0.29) is 5.78 Å². The third-order valence-corrected chi connectivity index (χ3v) is 5.56. The summed E-state index contributed by atoms with van der Waals surface area (Å²) in [6.07, 6.45) is 9.08. The summed E-state index contributed by atoms with van der Waals surface area (Å²) in [5.41, 5.74) is 3.35. The number of Topliss-reactive ketones (excluding diaryl/α,β-unsaturated/α-hetero) is 1. The highest BCUT2D eigenvalue weighted by Crippen LogP contribution is 2.21. The zero-order valence-electron chi connectivity index (χ0n) is 15.6. The SMILES string of the molecule is CCCCCCCCSc1ccc(Cc2ccc(C(C)=O)cc2)cc1. The van der Waals surface area contributed by atoms with Gasteiger partial charge in [-0.1, -0.05) is 75.4 Å². The van der Waals surface area contributed by atoms with Crippen LogP contribution in [0.2, 0.25) is 0 Å². The predicted molar refractivity (Wildman–Crippen MR) is 110 cm³/mol. The maximum atomic E-state index is 11.3. The lowest BCUT2D eigenvalue weighted by Crippen LogP contribution is -1.93. The van der Waals surface area contributed by atoms with E-state index in [9.17, 15) is 4.79 Å². The number of hydrogen-bond donors (Lipinski definition) is 0. The van der Waals surface area contributed by atoms with E-state index in [0.717, 1.165) is 12.0 Å². The lowest BCUT2D eigenvalue weighted by atomic mass is 10.0. The number of benzene rings is 2. The largest absolute Gasteiger partial charge is 0.295 e. The van der Waals surface area contributed by atoms with Crippen LogP contribution in [0.15, 0.2) is 53.4 Å². The highest BCUT2D eigenvalue weighted by atomic mass is 32.2. The van der Waals surface area contributed by atoms with Crippen molar-refractivity contribution in [2.75, 3.05) is 5.75 Å². The smallest absolute Gasteiger partial charge is 0.159 e. The van der Waals surface area contributed by atoms with E-state index < -0.39 is 0 Å². The van der Waals surface area contributed by atoms with Gasteiger partial charge in [-0.15, -0.1) is 11.8 Å². The normalized spacial score (nSPS) is 10.8. The number of carbonyl (C=O) groups is 1. The molecule has 2 aromatic carbocycles. The Bertz CT molecular complexity index is 628. The second kappa shape index (κ2) is 11.1. The van der Waals surface area contributed by atoms with Crippen molar-refractivity contribution in [1.82, 2.24) is 0 Å². The lowest BCUT2D eigenvalue weighted by molar-refractivity contribution is 0.101.